The number of benzene rings is 2. The Hall–Kier alpha value is -2.92. The van der Waals surface area contributed by atoms with Crippen LogP contribution in [0.2, 0.25) is 5.02 Å². The molecule has 126 valence electrons. The second-order valence-electron chi connectivity index (χ2n) is 5.21. The predicted molar refractivity (Wildman–Crippen MR) is 95.7 cm³/mol. The van der Waals surface area contributed by atoms with Gasteiger partial charge in [-0.1, -0.05) is 35.9 Å². The first-order valence-electron chi connectivity index (χ1n) is 7.44. The third kappa shape index (κ3) is 3.61. The Morgan fingerprint density at radius 1 is 1.16 bits per heavy atom. The number of carbonyl (C=O) groups excluding carboxylic acids is 1. The number of halogens is 2. The number of hydrogen-bond acceptors (Lipinski definition) is 4. The maximum atomic E-state index is 14.5. The van der Waals surface area contributed by atoms with Crippen LogP contribution in [0.25, 0.3) is 11.1 Å². The third-order valence-corrected chi connectivity index (χ3v) is 3.98. The molecule has 0 radical (unpaired) electrons. The van der Waals surface area contributed by atoms with Gasteiger partial charge in [-0.3, -0.25) is 4.98 Å². The van der Waals surface area contributed by atoms with Crippen molar-refractivity contribution in [1.82, 2.24) is 4.98 Å². The SMILES string of the molecule is COC(=O)c1ccncc1Nc1ccc(-c2ccccc2Cl)cc1F. The molecule has 0 saturated carbocycles. The Labute approximate surface area is 149 Å². The molecular formula is C19H14ClFN2O2. The monoisotopic (exact) mass is 356 g/mol. The highest BCUT2D eigenvalue weighted by Gasteiger charge is 2.14. The number of methoxy groups -OCH3 is 1. The van der Waals surface area contributed by atoms with Gasteiger partial charge in [-0.05, 0) is 29.8 Å². The molecule has 0 aliphatic carbocycles. The number of ether oxygens (including phenoxy) is 1. The lowest BCUT2D eigenvalue weighted by Crippen LogP contribution is -2.06. The van der Waals surface area contributed by atoms with Crippen molar-refractivity contribution in [2.45, 2.75) is 0 Å². The van der Waals surface area contributed by atoms with Crippen LogP contribution in [-0.2, 0) is 4.74 Å². The van der Waals surface area contributed by atoms with Crippen LogP contribution in [0.3, 0.4) is 0 Å². The van der Waals surface area contributed by atoms with Gasteiger partial charge in [0.15, 0.2) is 0 Å². The van der Waals surface area contributed by atoms with E-state index in [1.165, 1.54) is 31.6 Å². The molecule has 0 spiro atoms. The zero-order chi connectivity index (χ0) is 17.8. The maximum absolute atomic E-state index is 14.5. The lowest BCUT2D eigenvalue weighted by molar-refractivity contribution is 0.0602. The van der Waals surface area contributed by atoms with Crippen LogP contribution < -0.4 is 5.32 Å². The van der Waals surface area contributed by atoms with E-state index in [1.807, 2.05) is 18.2 Å². The van der Waals surface area contributed by atoms with Gasteiger partial charge in [-0.15, -0.1) is 0 Å². The topological polar surface area (TPSA) is 51.2 Å². The first kappa shape index (κ1) is 16.9. The molecule has 6 heteroatoms. The van der Waals surface area contributed by atoms with Crippen molar-refractivity contribution in [3.63, 3.8) is 0 Å². The molecule has 0 aliphatic heterocycles. The van der Waals surface area contributed by atoms with Crippen molar-refractivity contribution >= 4 is 28.9 Å². The fraction of sp³-hybridized carbons (Fsp3) is 0.0526. The highest BCUT2D eigenvalue weighted by molar-refractivity contribution is 6.33. The molecule has 4 nitrogen and oxygen atoms in total. The Balaban J connectivity index is 1.93. The second kappa shape index (κ2) is 7.32. The van der Waals surface area contributed by atoms with Crippen molar-refractivity contribution in [2.24, 2.45) is 0 Å². The molecule has 2 aromatic carbocycles. The van der Waals surface area contributed by atoms with Crippen LogP contribution in [0.4, 0.5) is 15.8 Å². The molecule has 1 heterocycles. The van der Waals surface area contributed by atoms with Gasteiger partial charge in [0.2, 0.25) is 0 Å². The minimum Gasteiger partial charge on any atom is -0.465 e. The van der Waals surface area contributed by atoms with E-state index >= 15 is 0 Å². The van der Waals surface area contributed by atoms with Crippen LogP contribution in [0.15, 0.2) is 60.9 Å². The molecule has 0 bridgehead atoms. The van der Waals surface area contributed by atoms with Gasteiger partial charge in [0, 0.05) is 16.8 Å². The Morgan fingerprint density at radius 3 is 2.68 bits per heavy atom. The second-order valence-corrected chi connectivity index (χ2v) is 5.62. The van der Waals surface area contributed by atoms with Crippen LogP contribution in [0.5, 0.6) is 0 Å². The molecular weight excluding hydrogens is 343 g/mol. The summed E-state index contributed by atoms with van der Waals surface area (Å²) < 4.78 is 19.2. The number of esters is 1. The van der Waals surface area contributed by atoms with Gasteiger partial charge in [0.25, 0.3) is 0 Å². The van der Waals surface area contributed by atoms with Gasteiger partial charge < -0.3 is 10.1 Å². The molecule has 0 fully saturated rings. The molecule has 1 N–H and O–H groups in total. The summed E-state index contributed by atoms with van der Waals surface area (Å²) in [6, 6.07) is 13.4. The minimum atomic E-state index is -0.530. The number of nitrogens with one attached hydrogen (secondary N) is 1. The number of hydrogen-bond donors (Lipinski definition) is 1. The number of carbonyl (C=O) groups is 1. The van der Waals surface area contributed by atoms with Gasteiger partial charge in [-0.2, -0.15) is 0 Å². The molecule has 1 aromatic heterocycles. The molecule has 0 aliphatic rings. The maximum Gasteiger partial charge on any atom is 0.340 e. The number of aromatic nitrogens is 1. The third-order valence-electron chi connectivity index (χ3n) is 3.65. The minimum absolute atomic E-state index is 0.217. The number of rotatable bonds is 4. The van der Waals surface area contributed by atoms with E-state index in [9.17, 15) is 9.18 Å². The van der Waals surface area contributed by atoms with Crippen molar-refractivity contribution in [2.75, 3.05) is 12.4 Å². The van der Waals surface area contributed by atoms with E-state index in [0.29, 0.717) is 16.3 Å². The average molecular weight is 357 g/mol. The summed E-state index contributed by atoms with van der Waals surface area (Å²) in [5.41, 5.74) is 2.25. The zero-order valence-corrected chi connectivity index (χ0v) is 14.0. The highest BCUT2D eigenvalue weighted by Crippen LogP contribution is 2.31. The number of anilines is 2. The first-order chi connectivity index (χ1) is 12.1. The van der Waals surface area contributed by atoms with E-state index in [2.05, 4.69) is 10.3 Å². The Bertz CT molecular complexity index is 931. The van der Waals surface area contributed by atoms with Gasteiger partial charge in [0.1, 0.15) is 5.82 Å². The summed E-state index contributed by atoms with van der Waals surface area (Å²) in [6.07, 6.45) is 2.90. The average Bonchev–Trinajstić information content (AvgIpc) is 2.63. The number of nitrogens with zero attached hydrogens (tertiary/aromatic N) is 1. The molecule has 0 saturated heterocycles. The fourth-order valence-electron chi connectivity index (χ4n) is 2.41. The van der Waals surface area contributed by atoms with Crippen molar-refractivity contribution in [1.29, 1.82) is 0 Å². The number of pyridine rings is 1. The van der Waals surface area contributed by atoms with Gasteiger partial charge >= 0.3 is 5.97 Å². The van der Waals surface area contributed by atoms with E-state index < -0.39 is 11.8 Å². The molecule has 3 rings (SSSR count). The molecule has 0 unspecified atom stereocenters. The smallest absolute Gasteiger partial charge is 0.340 e. The Kier molecular flexibility index (Phi) is 4.95. The van der Waals surface area contributed by atoms with Crippen molar-refractivity contribution in [3.05, 3.63) is 77.3 Å². The standard InChI is InChI=1S/C19H14ClFN2O2/c1-25-19(24)14-8-9-22-11-18(14)23-17-7-6-12(10-16(17)21)13-4-2-3-5-15(13)20/h2-11,23H,1H3. The first-order valence-corrected chi connectivity index (χ1v) is 7.81. The van der Waals surface area contributed by atoms with Crippen LogP contribution in [-0.4, -0.2) is 18.1 Å². The summed E-state index contributed by atoms with van der Waals surface area (Å²) >= 11 is 6.15. The normalized spacial score (nSPS) is 10.4. The summed E-state index contributed by atoms with van der Waals surface area (Å²) in [5.74, 6) is -1.00. The lowest BCUT2D eigenvalue weighted by Gasteiger charge is -2.12. The highest BCUT2D eigenvalue weighted by atomic mass is 35.5. The van der Waals surface area contributed by atoms with E-state index in [0.717, 1.165) is 5.56 Å². The van der Waals surface area contributed by atoms with E-state index in [-0.39, 0.29) is 11.3 Å². The molecule has 0 amide bonds. The van der Waals surface area contributed by atoms with Crippen molar-refractivity contribution in [3.8, 4) is 11.1 Å². The molecule has 0 atom stereocenters. The quantitative estimate of drug-likeness (QED) is 0.663. The lowest BCUT2D eigenvalue weighted by atomic mass is 10.0. The van der Waals surface area contributed by atoms with Gasteiger partial charge in [0.05, 0.1) is 30.2 Å². The summed E-state index contributed by atoms with van der Waals surface area (Å²) in [7, 11) is 1.28. The Morgan fingerprint density at radius 2 is 1.96 bits per heavy atom. The van der Waals surface area contributed by atoms with Gasteiger partial charge in [-0.25, -0.2) is 9.18 Å². The van der Waals surface area contributed by atoms with Crippen LogP contribution in [0.1, 0.15) is 10.4 Å². The molecule has 3 aromatic rings. The summed E-state index contributed by atoms with van der Waals surface area (Å²) in [6.45, 7) is 0. The van der Waals surface area contributed by atoms with Crippen LogP contribution >= 0.6 is 11.6 Å². The van der Waals surface area contributed by atoms with Crippen molar-refractivity contribution < 1.29 is 13.9 Å². The zero-order valence-electron chi connectivity index (χ0n) is 13.3. The molecule has 25 heavy (non-hydrogen) atoms. The van der Waals surface area contributed by atoms with Crippen LogP contribution in [0, 0.1) is 5.82 Å². The van der Waals surface area contributed by atoms with E-state index in [1.54, 1.807) is 18.2 Å². The van der Waals surface area contributed by atoms with E-state index in [4.69, 9.17) is 16.3 Å². The fourth-order valence-corrected chi connectivity index (χ4v) is 2.65. The largest absolute Gasteiger partial charge is 0.465 e. The summed E-state index contributed by atoms with van der Waals surface area (Å²) in [5, 5.41) is 3.42. The summed E-state index contributed by atoms with van der Waals surface area (Å²) in [4.78, 5) is 15.7. The predicted octanol–water partition coefficient (Wildman–Crippen LogP) is 5.07.